The fourth-order valence-corrected chi connectivity index (χ4v) is 4.00. The van der Waals surface area contributed by atoms with Crippen molar-refractivity contribution in [3.8, 4) is 0 Å². The fourth-order valence-electron chi connectivity index (χ4n) is 3.68. The molecule has 0 radical (unpaired) electrons. The summed E-state index contributed by atoms with van der Waals surface area (Å²) in [7, 11) is 0. The van der Waals surface area contributed by atoms with Gasteiger partial charge in [0, 0.05) is 17.9 Å². The van der Waals surface area contributed by atoms with Crippen molar-refractivity contribution in [2.45, 2.75) is 70.3 Å². The van der Waals surface area contributed by atoms with Crippen LogP contribution in [0, 0.1) is 4.64 Å². The van der Waals surface area contributed by atoms with Gasteiger partial charge in [0.05, 0.1) is 0 Å². The Kier molecular flexibility index (Phi) is 4.22. The molecule has 1 saturated carbocycles. The van der Waals surface area contributed by atoms with Crippen molar-refractivity contribution in [3.05, 3.63) is 21.7 Å². The third kappa shape index (κ3) is 2.56. The first kappa shape index (κ1) is 14.2. The molecule has 0 spiro atoms. The Morgan fingerprint density at radius 1 is 1.15 bits per heavy atom. The Morgan fingerprint density at radius 2 is 1.90 bits per heavy atom. The highest BCUT2D eigenvalue weighted by molar-refractivity contribution is 7.71. The number of rotatable bonds is 3. The number of hydrogen-bond donors (Lipinski definition) is 1. The molecule has 0 aliphatic heterocycles. The molecule has 0 bridgehead atoms. The van der Waals surface area contributed by atoms with E-state index in [0.717, 1.165) is 42.8 Å². The maximum atomic E-state index is 6.16. The zero-order chi connectivity index (χ0) is 14.0. The zero-order valence-electron chi connectivity index (χ0n) is 12.3. The standard InChI is InChI=1S/C16H24N2OS/c1-2-19-16(10-6-3-7-11-16)15-17-13-9-5-4-8-12(13)14(20)18-15/h2-11H2,1H3,(H,17,18,20). The van der Waals surface area contributed by atoms with Crippen molar-refractivity contribution < 1.29 is 4.74 Å². The van der Waals surface area contributed by atoms with E-state index in [2.05, 4.69) is 11.9 Å². The van der Waals surface area contributed by atoms with Crippen molar-refractivity contribution in [3.63, 3.8) is 0 Å². The number of H-pyrrole nitrogens is 1. The van der Waals surface area contributed by atoms with E-state index < -0.39 is 0 Å². The summed E-state index contributed by atoms with van der Waals surface area (Å²) >= 11 is 5.54. The van der Waals surface area contributed by atoms with Gasteiger partial charge in [-0.3, -0.25) is 0 Å². The van der Waals surface area contributed by atoms with Crippen LogP contribution in [0.4, 0.5) is 0 Å². The van der Waals surface area contributed by atoms with Gasteiger partial charge >= 0.3 is 0 Å². The lowest BCUT2D eigenvalue weighted by atomic mass is 9.83. The minimum atomic E-state index is -0.215. The van der Waals surface area contributed by atoms with Gasteiger partial charge in [-0.05, 0) is 45.4 Å². The van der Waals surface area contributed by atoms with Gasteiger partial charge in [0.15, 0.2) is 0 Å². The van der Waals surface area contributed by atoms with Crippen LogP contribution in [0.25, 0.3) is 0 Å². The molecule has 110 valence electrons. The highest BCUT2D eigenvalue weighted by atomic mass is 32.1. The largest absolute Gasteiger partial charge is 0.367 e. The molecule has 1 fully saturated rings. The van der Waals surface area contributed by atoms with Gasteiger partial charge in [-0.1, -0.05) is 31.5 Å². The van der Waals surface area contributed by atoms with E-state index in [1.54, 1.807) is 0 Å². The monoisotopic (exact) mass is 292 g/mol. The summed E-state index contributed by atoms with van der Waals surface area (Å²) in [4.78, 5) is 8.33. The van der Waals surface area contributed by atoms with Crippen LogP contribution in [0.15, 0.2) is 0 Å². The second-order valence-electron chi connectivity index (χ2n) is 6.04. The number of hydrogen-bond acceptors (Lipinski definition) is 3. The Bertz CT molecular complexity index is 526. The average molecular weight is 292 g/mol. The number of nitrogens with zero attached hydrogens (tertiary/aromatic N) is 1. The molecule has 1 heterocycles. The number of aryl methyl sites for hydroxylation is 1. The Hall–Kier alpha value is -0.740. The van der Waals surface area contributed by atoms with Crippen molar-refractivity contribution >= 4 is 12.2 Å². The first-order valence-electron chi connectivity index (χ1n) is 8.02. The van der Waals surface area contributed by atoms with Crippen LogP contribution in [-0.4, -0.2) is 16.6 Å². The molecule has 1 N–H and O–H groups in total. The molecule has 20 heavy (non-hydrogen) atoms. The fraction of sp³-hybridized carbons (Fsp3) is 0.750. The predicted octanol–water partition coefficient (Wildman–Crippen LogP) is 4.21. The van der Waals surface area contributed by atoms with E-state index in [0.29, 0.717) is 0 Å². The van der Waals surface area contributed by atoms with Crippen LogP contribution in [-0.2, 0) is 23.2 Å². The van der Waals surface area contributed by atoms with Crippen LogP contribution < -0.4 is 0 Å². The topological polar surface area (TPSA) is 37.9 Å². The van der Waals surface area contributed by atoms with Crippen molar-refractivity contribution in [2.75, 3.05) is 6.61 Å². The lowest BCUT2D eigenvalue weighted by Gasteiger charge is -2.36. The summed E-state index contributed by atoms with van der Waals surface area (Å²) in [6, 6.07) is 0. The molecule has 0 saturated heterocycles. The molecule has 1 aromatic rings. The number of ether oxygens (including phenoxy) is 1. The summed E-state index contributed by atoms with van der Waals surface area (Å²) < 4.78 is 6.97. The Balaban J connectivity index is 2.03. The molecule has 0 aromatic carbocycles. The molecule has 3 rings (SSSR count). The van der Waals surface area contributed by atoms with Crippen LogP contribution in [0.1, 0.15) is 69.0 Å². The van der Waals surface area contributed by atoms with E-state index >= 15 is 0 Å². The van der Waals surface area contributed by atoms with E-state index in [-0.39, 0.29) is 5.60 Å². The van der Waals surface area contributed by atoms with Crippen LogP contribution in [0.3, 0.4) is 0 Å². The smallest absolute Gasteiger partial charge is 0.140 e. The summed E-state index contributed by atoms with van der Waals surface area (Å²) in [5, 5.41) is 0. The lowest BCUT2D eigenvalue weighted by Crippen LogP contribution is -2.35. The maximum absolute atomic E-state index is 6.16. The van der Waals surface area contributed by atoms with Gasteiger partial charge in [-0.2, -0.15) is 0 Å². The molecule has 2 aliphatic rings. The lowest BCUT2D eigenvalue weighted by molar-refractivity contribution is -0.0769. The normalized spacial score (nSPS) is 21.4. The first-order valence-corrected chi connectivity index (χ1v) is 8.42. The molecule has 0 amide bonds. The highest BCUT2D eigenvalue weighted by Gasteiger charge is 2.37. The Labute approximate surface area is 126 Å². The van der Waals surface area contributed by atoms with Crippen LogP contribution >= 0.6 is 12.2 Å². The van der Waals surface area contributed by atoms with E-state index in [1.807, 2.05) is 0 Å². The molecular formula is C16H24N2OS. The molecule has 0 unspecified atom stereocenters. The zero-order valence-corrected chi connectivity index (χ0v) is 13.2. The second-order valence-corrected chi connectivity index (χ2v) is 6.43. The van der Waals surface area contributed by atoms with E-state index in [1.165, 1.54) is 43.4 Å². The third-order valence-electron chi connectivity index (χ3n) is 4.72. The van der Waals surface area contributed by atoms with Gasteiger partial charge in [0.1, 0.15) is 16.1 Å². The van der Waals surface area contributed by atoms with Crippen LogP contribution in [0.2, 0.25) is 0 Å². The molecule has 0 atom stereocenters. The quantitative estimate of drug-likeness (QED) is 0.848. The maximum Gasteiger partial charge on any atom is 0.140 e. The number of nitrogens with one attached hydrogen (secondary N) is 1. The average Bonchev–Trinajstić information content (AvgIpc) is 2.48. The molecule has 1 aromatic heterocycles. The minimum absolute atomic E-state index is 0.215. The van der Waals surface area contributed by atoms with Gasteiger partial charge < -0.3 is 9.72 Å². The van der Waals surface area contributed by atoms with Gasteiger partial charge in [0.2, 0.25) is 0 Å². The SMILES string of the molecule is CCOC1(c2nc(=S)c3c([nH]2)CCCC3)CCCCC1. The first-order chi connectivity index (χ1) is 9.75. The van der Waals surface area contributed by atoms with Crippen molar-refractivity contribution in [1.82, 2.24) is 9.97 Å². The molecule has 3 nitrogen and oxygen atoms in total. The summed E-state index contributed by atoms with van der Waals surface area (Å²) in [5.41, 5.74) is 2.38. The van der Waals surface area contributed by atoms with Crippen molar-refractivity contribution in [2.24, 2.45) is 0 Å². The Morgan fingerprint density at radius 3 is 2.65 bits per heavy atom. The van der Waals surface area contributed by atoms with Gasteiger partial charge in [-0.15, -0.1) is 0 Å². The minimum Gasteiger partial charge on any atom is -0.367 e. The van der Waals surface area contributed by atoms with E-state index in [4.69, 9.17) is 21.9 Å². The van der Waals surface area contributed by atoms with E-state index in [9.17, 15) is 0 Å². The summed E-state index contributed by atoms with van der Waals surface area (Å²) in [5.74, 6) is 0.990. The summed E-state index contributed by atoms with van der Waals surface area (Å²) in [6.07, 6.45) is 10.6. The predicted molar refractivity (Wildman–Crippen MR) is 82.5 cm³/mol. The summed E-state index contributed by atoms with van der Waals surface area (Å²) in [6.45, 7) is 2.81. The van der Waals surface area contributed by atoms with Crippen LogP contribution in [0.5, 0.6) is 0 Å². The second kappa shape index (κ2) is 5.94. The molecule has 4 heteroatoms. The molecular weight excluding hydrogens is 268 g/mol. The number of aromatic amines is 1. The molecule has 2 aliphatic carbocycles. The van der Waals surface area contributed by atoms with Crippen molar-refractivity contribution in [1.29, 1.82) is 0 Å². The number of aromatic nitrogens is 2. The van der Waals surface area contributed by atoms with Gasteiger partial charge in [-0.25, -0.2) is 4.98 Å². The number of fused-ring (bicyclic) bond motifs is 1. The highest BCUT2D eigenvalue weighted by Crippen LogP contribution is 2.39. The third-order valence-corrected chi connectivity index (χ3v) is 5.06. The van der Waals surface area contributed by atoms with Gasteiger partial charge in [0.25, 0.3) is 0 Å².